The molecule has 5 nitrogen and oxygen atoms in total. The minimum Gasteiger partial charge on any atom is -0.366 e. The number of fused-ring (bicyclic) bond motifs is 1. The Morgan fingerprint density at radius 3 is 2.75 bits per heavy atom. The maximum absolute atomic E-state index is 13.7. The normalized spacial score (nSPS) is 17.6. The second kappa shape index (κ2) is 7.36. The molecule has 0 bridgehead atoms. The van der Waals surface area contributed by atoms with E-state index in [1.807, 2.05) is 12.1 Å². The van der Waals surface area contributed by atoms with Gasteiger partial charge in [-0.1, -0.05) is 38.1 Å². The predicted octanol–water partition coefficient (Wildman–Crippen LogP) is 4.09. The number of amides is 1. The summed E-state index contributed by atoms with van der Waals surface area (Å²) in [6, 6.07) is 11.3. The summed E-state index contributed by atoms with van der Waals surface area (Å²) in [6.07, 6.45) is 2.53. The molecule has 1 unspecified atom stereocenters. The SMILES string of the molecule is CC(C)C1CCCN1Cc1ccc(-c2nc3c(C(N)=O)cc(F)cc3[nH]2)cc1. The van der Waals surface area contributed by atoms with Crippen LogP contribution >= 0.6 is 0 Å². The van der Waals surface area contributed by atoms with Crippen LogP contribution in [0.2, 0.25) is 0 Å². The van der Waals surface area contributed by atoms with Crippen molar-refractivity contribution < 1.29 is 9.18 Å². The highest BCUT2D eigenvalue weighted by Crippen LogP contribution is 2.27. The molecule has 1 saturated heterocycles. The van der Waals surface area contributed by atoms with Gasteiger partial charge in [0.15, 0.2) is 0 Å². The van der Waals surface area contributed by atoms with Crippen molar-refractivity contribution in [2.75, 3.05) is 6.54 Å². The van der Waals surface area contributed by atoms with E-state index in [0.29, 0.717) is 28.8 Å². The second-order valence-electron chi connectivity index (χ2n) is 7.92. The number of likely N-dealkylation sites (tertiary alicyclic amines) is 1. The molecule has 1 aromatic heterocycles. The first kappa shape index (κ1) is 18.6. The van der Waals surface area contributed by atoms with Crippen LogP contribution in [0.3, 0.4) is 0 Å². The fourth-order valence-electron chi connectivity index (χ4n) is 4.21. The van der Waals surface area contributed by atoms with Crippen LogP contribution in [0.4, 0.5) is 4.39 Å². The van der Waals surface area contributed by atoms with Gasteiger partial charge in [-0.15, -0.1) is 0 Å². The van der Waals surface area contributed by atoms with Crippen molar-refractivity contribution >= 4 is 16.9 Å². The molecule has 0 aliphatic carbocycles. The van der Waals surface area contributed by atoms with E-state index < -0.39 is 11.7 Å². The van der Waals surface area contributed by atoms with Crippen LogP contribution in [0.15, 0.2) is 36.4 Å². The monoisotopic (exact) mass is 380 g/mol. The molecule has 0 radical (unpaired) electrons. The van der Waals surface area contributed by atoms with Crippen LogP contribution in [0.1, 0.15) is 42.6 Å². The average Bonchev–Trinajstić information content (AvgIpc) is 3.28. The molecule has 28 heavy (non-hydrogen) atoms. The number of benzene rings is 2. The number of carbonyl (C=O) groups excluding carboxylic acids is 1. The molecule has 2 heterocycles. The second-order valence-corrected chi connectivity index (χ2v) is 7.92. The highest BCUT2D eigenvalue weighted by molar-refractivity contribution is 6.04. The summed E-state index contributed by atoms with van der Waals surface area (Å²) in [5.41, 5.74) is 8.45. The van der Waals surface area contributed by atoms with Crippen LogP contribution in [0.5, 0.6) is 0 Å². The lowest BCUT2D eigenvalue weighted by molar-refractivity contribution is 0.100. The third-order valence-corrected chi connectivity index (χ3v) is 5.61. The smallest absolute Gasteiger partial charge is 0.251 e. The third kappa shape index (κ3) is 3.52. The zero-order chi connectivity index (χ0) is 19.8. The maximum Gasteiger partial charge on any atom is 0.251 e. The third-order valence-electron chi connectivity index (χ3n) is 5.61. The fraction of sp³-hybridized carbons (Fsp3) is 0.364. The number of H-pyrrole nitrogens is 1. The average molecular weight is 380 g/mol. The van der Waals surface area contributed by atoms with E-state index in [9.17, 15) is 9.18 Å². The summed E-state index contributed by atoms with van der Waals surface area (Å²) in [7, 11) is 0. The van der Waals surface area contributed by atoms with Crippen molar-refractivity contribution in [2.24, 2.45) is 11.7 Å². The first-order chi connectivity index (χ1) is 13.4. The number of aromatic amines is 1. The molecule has 1 atom stereocenters. The van der Waals surface area contributed by atoms with Crippen molar-refractivity contribution in [2.45, 2.75) is 39.3 Å². The molecule has 146 valence electrons. The molecule has 2 aromatic carbocycles. The van der Waals surface area contributed by atoms with Gasteiger partial charge >= 0.3 is 0 Å². The minimum absolute atomic E-state index is 0.0860. The number of primary amides is 1. The van der Waals surface area contributed by atoms with Gasteiger partial charge in [-0.25, -0.2) is 9.37 Å². The highest BCUT2D eigenvalue weighted by Gasteiger charge is 2.26. The Kier molecular flexibility index (Phi) is 4.89. The number of imidazole rings is 1. The van der Waals surface area contributed by atoms with Gasteiger partial charge in [0, 0.05) is 18.2 Å². The Hall–Kier alpha value is -2.73. The van der Waals surface area contributed by atoms with Gasteiger partial charge in [-0.3, -0.25) is 9.69 Å². The number of nitrogens with two attached hydrogens (primary N) is 1. The molecule has 0 saturated carbocycles. The lowest BCUT2D eigenvalue weighted by Gasteiger charge is -2.27. The topological polar surface area (TPSA) is 75.0 Å². The molecule has 1 fully saturated rings. The molecule has 1 aliphatic heterocycles. The van der Waals surface area contributed by atoms with Crippen LogP contribution < -0.4 is 5.73 Å². The van der Waals surface area contributed by atoms with Crippen molar-refractivity contribution in [3.05, 3.63) is 53.3 Å². The Morgan fingerprint density at radius 1 is 1.32 bits per heavy atom. The van der Waals surface area contributed by atoms with Crippen LogP contribution in [0, 0.1) is 11.7 Å². The van der Waals surface area contributed by atoms with Crippen LogP contribution in [-0.2, 0) is 6.54 Å². The first-order valence-electron chi connectivity index (χ1n) is 9.75. The lowest BCUT2D eigenvalue weighted by atomic mass is 10.0. The van der Waals surface area contributed by atoms with Crippen molar-refractivity contribution in [1.29, 1.82) is 0 Å². The van der Waals surface area contributed by atoms with Gasteiger partial charge in [-0.2, -0.15) is 0 Å². The maximum atomic E-state index is 13.7. The van der Waals surface area contributed by atoms with Gasteiger partial charge in [-0.05, 0) is 43.0 Å². The zero-order valence-corrected chi connectivity index (χ0v) is 16.2. The number of carbonyl (C=O) groups is 1. The lowest BCUT2D eigenvalue weighted by Crippen LogP contribution is -2.32. The van der Waals surface area contributed by atoms with Gasteiger partial charge in [0.25, 0.3) is 5.91 Å². The zero-order valence-electron chi connectivity index (χ0n) is 16.2. The van der Waals surface area contributed by atoms with Crippen LogP contribution in [0.25, 0.3) is 22.4 Å². The Balaban J connectivity index is 1.59. The number of rotatable bonds is 5. The Bertz CT molecular complexity index is 1010. The number of halogens is 1. The molecule has 1 aliphatic rings. The van der Waals surface area contributed by atoms with Crippen molar-refractivity contribution in [3.8, 4) is 11.4 Å². The summed E-state index contributed by atoms with van der Waals surface area (Å²) in [5.74, 6) is 0.0495. The van der Waals surface area contributed by atoms with Gasteiger partial charge < -0.3 is 10.7 Å². The Labute approximate surface area is 163 Å². The fourth-order valence-corrected chi connectivity index (χ4v) is 4.21. The number of nitrogens with one attached hydrogen (secondary N) is 1. The minimum atomic E-state index is -0.691. The van der Waals surface area contributed by atoms with Gasteiger partial charge in [0.1, 0.15) is 17.2 Å². The standard InChI is InChI=1S/C22H25FN4O/c1-13(2)19-4-3-9-27(19)12-14-5-7-15(8-6-14)22-25-18-11-16(23)10-17(21(24)28)20(18)26-22/h5-8,10-11,13,19H,3-4,9,12H2,1-2H3,(H2,24,28)(H,25,26). The molecular formula is C22H25FN4O. The predicted molar refractivity (Wildman–Crippen MR) is 108 cm³/mol. The molecular weight excluding hydrogens is 355 g/mol. The molecule has 3 N–H and O–H groups in total. The van der Waals surface area contributed by atoms with E-state index in [1.165, 1.54) is 24.5 Å². The molecule has 6 heteroatoms. The largest absolute Gasteiger partial charge is 0.366 e. The van der Waals surface area contributed by atoms with E-state index in [-0.39, 0.29) is 5.56 Å². The van der Waals surface area contributed by atoms with Gasteiger partial charge in [0.05, 0.1) is 11.1 Å². The van der Waals surface area contributed by atoms with E-state index in [1.54, 1.807) is 0 Å². The summed E-state index contributed by atoms with van der Waals surface area (Å²) >= 11 is 0. The number of hydrogen-bond donors (Lipinski definition) is 2. The quantitative estimate of drug-likeness (QED) is 0.700. The number of aromatic nitrogens is 2. The Morgan fingerprint density at radius 2 is 2.07 bits per heavy atom. The first-order valence-corrected chi connectivity index (χ1v) is 9.75. The van der Waals surface area contributed by atoms with Gasteiger partial charge in [0.2, 0.25) is 0 Å². The summed E-state index contributed by atoms with van der Waals surface area (Å²) in [6.45, 7) is 6.67. The van der Waals surface area contributed by atoms with Crippen LogP contribution in [-0.4, -0.2) is 33.4 Å². The summed E-state index contributed by atoms with van der Waals surface area (Å²) < 4.78 is 13.7. The number of nitrogens with zero attached hydrogens (tertiary/aromatic N) is 2. The molecule has 4 rings (SSSR count). The van der Waals surface area contributed by atoms with E-state index in [0.717, 1.165) is 24.7 Å². The molecule has 0 spiro atoms. The van der Waals surface area contributed by atoms with E-state index >= 15 is 0 Å². The summed E-state index contributed by atoms with van der Waals surface area (Å²) in [5, 5.41) is 0. The molecule has 1 amide bonds. The summed E-state index contributed by atoms with van der Waals surface area (Å²) in [4.78, 5) is 21.7. The van der Waals surface area contributed by atoms with E-state index in [4.69, 9.17) is 5.73 Å². The highest BCUT2D eigenvalue weighted by atomic mass is 19.1. The van der Waals surface area contributed by atoms with Crippen molar-refractivity contribution in [1.82, 2.24) is 14.9 Å². The van der Waals surface area contributed by atoms with E-state index in [2.05, 4.69) is 40.8 Å². The number of hydrogen-bond acceptors (Lipinski definition) is 3. The molecule has 3 aromatic rings. The van der Waals surface area contributed by atoms with Crippen molar-refractivity contribution in [3.63, 3.8) is 0 Å².